The van der Waals surface area contributed by atoms with Gasteiger partial charge in [0.15, 0.2) is 9.84 Å². The molecule has 3 aromatic carbocycles. The Kier molecular flexibility index (Phi) is 9.79. The molecule has 212 valence electrons. The zero-order valence-electron chi connectivity index (χ0n) is 22.1. The van der Waals surface area contributed by atoms with Crippen LogP contribution < -0.4 is 4.74 Å². The molecule has 10 heteroatoms. The van der Waals surface area contributed by atoms with E-state index >= 15 is 0 Å². The van der Waals surface area contributed by atoms with E-state index in [1.807, 2.05) is 49.1 Å². The summed E-state index contributed by atoms with van der Waals surface area (Å²) in [6, 6.07) is 17.4. The highest BCUT2D eigenvalue weighted by atomic mass is 32.2. The molecule has 3 aromatic rings. The first-order valence-electron chi connectivity index (χ1n) is 12.4. The van der Waals surface area contributed by atoms with Crippen LogP contribution in [-0.4, -0.2) is 44.4 Å². The first-order valence-corrected chi connectivity index (χ1v) is 14.3. The predicted octanol–water partition coefficient (Wildman–Crippen LogP) is 5.99. The molecule has 0 saturated heterocycles. The molecule has 0 saturated carbocycles. The zero-order chi connectivity index (χ0) is 28.8. The van der Waals surface area contributed by atoms with Gasteiger partial charge >= 0.3 is 6.18 Å². The van der Waals surface area contributed by atoms with Gasteiger partial charge in [0.05, 0.1) is 23.7 Å². The molecule has 0 unspecified atom stereocenters. The molecule has 0 aliphatic carbocycles. The Bertz CT molecular complexity index is 1360. The van der Waals surface area contributed by atoms with Crippen molar-refractivity contribution in [2.45, 2.75) is 49.9 Å². The molecule has 0 fully saturated rings. The lowest BCUT2D eigenvalue weighted by molar-refractivity contribution is -0.140. The fourth-order valence-electron chi connectivity index (χ4n) is 4.49. The third-order valence-corrected chi connectivity index (χ3v) is 7.63. The highest BCUT2D eigenvalue weighted by molar-refractivity contribution is 7.90. The van der Waals surface area contributed by atoms with Crippen LogP contribution in [0.3, 0.4) is 0 Å². The number of alkyl halides is 3. The molecule has 0 bridgehead atoms. The monoisotopic (exact) mass is 567 g/mol. The largest absolute Gasteiger partial charge is 0.494 e. The number of halogens is 4. The summed E-state index contributed by atoms with van der Waals surface area (Å²) in [7, 11) is -3.58. The van der Waals surface area contributed by atoms with E-state index in [1.165, 1.54) is 24.3 Å². The Morgan fingerprint density at radius 3 is 2.26 bits per heavy atom. The lowest BCUT2D eigenvalue weighted by Crippen LogP contribution is -2.38. The maximum Gasteiger partial charge on any atom is 0.419 e. The predicted molar refractivity (Wildman–Crippen MR) is 142 cm³/mol. The van der Waals surface area contributed by atoms with E-state index in [0.29, 0.717) is 25.3 Å². The first-order chi connectivity index (χ1) is 18.2. The summed E-state index contributed by atoms with van der Waals surface area (Å²) in [5.41, 5.74) is -0.425. The van der Waals surface area contributed by atoms with Crippen LogP contribution in [0.4, 0.5) is 17.6 Å². The van der Waals surface area contributed by atoms with Crippen LogP contribution in [0.25, 0.3) is 0 Å². The number of ether oxygens (including phenoxy) is 1. The van der Waals surface area contributed by atoms with Gasteiger partial charge in [-0.1, -0.05) is 62.4 Å². The molecule has 3 rings (SSSR count). The molecule has 0 aliphatic rings. The van der Waals surface area contributed by atoms with Crippen molar-refractivity contribution in [1.82, 2.24) is 4.90 Å². The lowest BCUT2D eigenvalue weighted by atomic mass is 9.84. The number of aliphatic hydroxyl groups is 1. The van der Waals surface area contributed by atoms with Crippen molar-refractivity contribution in [3.8, 4) is 5.75 Å². The summed E-state index contributed by atoms with van der Waals surface area (Å²) in [4.78, 5) is 1.87. The lowest BCUT2D eigenvalue weighted by Gasteiger charge is -2.33. The van der Waals surface area contributed by atoms with E-state index < -0.39 is 34.0 Å². The molecule has 0 atom stereocenters. The van der Waals surface area contributed by atoms with E-state index in [4.69, 9.17) is 4.74 Å². The SMILES string of the molecule is CC(C)(CN(CCCOc1ccc(CO)c(S(C)(=O)=O)c1)Cc1cccc(C(F)(F)F)c1F)c1ccccc1. The van der Waals surface area contributed by atoms with Gasteiger partial charge in [-0.05, 0) is 35.7 Å². The van der Waals surface area contributed by atoms with Crippen LogP contribution in [0.15, 0.2) is 71.6 Å². The number of hydrogen-bond acceptors (Lipinski definition) is 5. The van der Waals surface area contributed by atoms with Gasteiger partial charge in [-0.25, -0.2) is 12.8 Å². The third-order valence-electron chi connectivity index (χ3n) is 6.45. The molecular formula is C29H33F4NO4S. The second kappa shape index (κ2) is 12.5. The average Bonchev–Trinajstić information content (AvgIpc) is 2.86. The second-order valence-corrected chi connectivity index (χ2v) is 12.1. The van der Waals surface area contributed by atoms with Gasteiger partial charge in [0.25, 0.3) is 0 Å². The van der Waals surface area contributed by atoms with E-state index in [9.17, 15) is 31.1 Å². The van der Waals surface area contributed by atoms with Crippen LogP contribution in [0, 0.1) is 5.82 Å². The molecule has 0 aliphatic heterocycles. The highest BCUT2D eigenvalue weighted by Gasteiger charge is 2.35. The van der Waals surface area contributed by atoms with Crippen molar-refractivity contribution >= 4 is 9.84 Å². The number of sulfone groups is 1. The summed E-state index contributed by atoms with van der Waals surface area (Å²) in [5.74, 6) is -0.964. The molecule has 0 aromatic heterocycles. The van der Waals surface area contributed by atoms with Gasteiger partial charge in [0.2, 0.25) is 0 Å². The first kappa shape index (κ1) is 30.6. The third kappa shape index (κ3) is 8.27. The molecule has 0 amide bonds. The van der Waals surface area contributed by atoms with Gasteiger partial charge in [0.1, 0.15) is 11.6 Å². The second-order valence-electron chi connectivity index (χ2n) is 10.1. The van der Waals surface area contributed by atoms with Crippen molar-refractivity contribution in [3.63, 3.8) is 0 Å². The molecule has 5 nitrogen and oxygen atoms in total. The smallest absolute Gasteiger partial charge is 0.419 e. The Morgan fingerprint density at radius 2 is 1.64 bits per heavy atom. The summed E-state index contributed by atoms with van der Waals surface area (Å²) >= 11 is 0. The zero-order valence-corrected chi connectivity index (χ0v) is 22.9. The van der Waals surface area contributed by atoms with E-state index in [1.54, 1.807) is 6.07 Å². The van der Waals surface area contributed by atoms with Gasteiger partial charge in [-0.15, -0.1) is 0 Å². The van der Waals surface area contributed by atoms with Crippen LogP contribution in [0.5, 0.6) is 5.75 Å². The number of aliphatic hydroxyl groups excluding tert-OH is 1. The van der Waals surface area contributed by atoms with Crippen LogP contribution in [0.2, 0.25) is 0 Å². The van der Waals surface area contributed by atoms with E-state index in [0.717, 1.165) is 17.9 Å². The Hall–Kier alpha value is -2.95. The number of nitrogens with zero attached hydrogens (tertiary/aromatic N) is 1. The Balaban J connectivity index is 1.77. The quantitative estimate of drug-likeness (QED) is 0.215. The summed E-state index contributed by atoms with van der Waals surface area (Å²) in [6.07, 6.45) is -3.30. The van der Waals surface area contributed by atoms with Crippen molar-refractivity contribution < 1.29 is 35.8 Å². The number of benzene rings is 3. The van der Waals surface area contributed by atoms with E-state index in [-0.39, 0.29) is 34.6 Å². The molecule has 39 heavy (non-hydrogen) atoms. The molecule has 0 radical (unpaired) electrons. The number of hydrogen-bond donors (Lipinski definition) is 1. The molecular weight excluding hydrogens is 534 g/mol. The summed E-state index contributed by atoms with van der Waals surface area (Å²) in [5, 5.41) is 9.43. The topological polar surface area (TPSA) is 66.8 Å². The molecule has 0 spiro atoms. The van der Waals surface area contributed by atoms with Gasteiger partial charge < -0.3 is 9.84 Å². The van der Waals surface area contributed by atoms with Gasteiger partial charge in [-0.3, -0.25) is 4.90 Å². The average molecular weight is 568 g/mol. The standard InChI is InChI=1S/C29H33F4NO4S/c1-28(2,23-10-5-4-6-11-23)20-34(18-21-9-7-12-25(27(21)30)29(31,32)33)15-8-16-38-24-14-13-22(19-35)26(17-24)39(3,36)37/h4-7,9-14,17,35H,8,15-16,18-20H2,1-3H3. The maximum atomic E-state index is 14.9. The van der Waals surface area contributed by atoms with E-state index in [2.05, 4.69) is 0 Å². The fraction of sp³-hybridized carbons (Fsp3) is 0.379. The highest BCUT2D eigenvalue weighted by Crippen LogP contribution is 2.33. The van der Waals surface area contributed by atoms with Crippen molar-refractivity contribution in [3.05, 3.63) is 94.8 Å². The number of rotatable bonds is 12. The van der Waals surface area contributed by atoms with Crippen LogP contribution in [0.1, 0.15) is 42.5 Å². The molecule has 0 heterocycles. The summed E-state index contributed by atoms with van der Waals surface area (Å²) in [6.45, 7) is 4.59. The van der Waals surface area contributed by atoms with Crippen molar-refractivity contribution in [1.29, 1.82) is 0 Å². The molecule has 1 N–H and O–H groups in total. The van der Waals surface area contributed by atoms with Crippen LogP contribution >= 0.6 is 0 Å². The van der Waals surface area contributed by atoms with Gasteiger partial charge in [-0.2, -0.15) is 13.2 Å². The van der Waals surface area contributed by atoms with Crippen molar-refractivity contribution in [2.24, 2.45) is 0 Å². The minimum Gasteiger partial charge on any atom is -0.494 e. The van der Waals surface area contributed by atoms with Crippen molar-refractivity contribution in [2.75, 3.05) is 26.0 Å². The van der Waals surface area contributed by atoms with Gasteiger partial charge in [0, 0.05) is 36.9 Å². The normalized spacial score (nSPS) is 12.6. The Labute approximate surface area is 227 Å². The summed E-state index contributed by atoms with van der Waals surface area (Å²) < 4.78 is 84.6. The van der Waals surface area contributed by atoms with Crippen LogP contribution in [-0.2, 0) is 34.6 Å². The Morgan fingerprint density at radius 1 is 0.949 bits per heavy atom. The maximum absolute atomic E-state index is 14.9. The fourth-order valence-corrected chi connectivity index (χ4v) is 5.43. The minimum absolute atomic E-state index is 0.0197. The minimum atomic E-state index is -4.79.